The molecule has 0 aromatic heterocycles. The largest absolute Gasteiger partial charge is 0.371 e. The highest BCUT2D eigenvalue weighted by Gasteiger charge is 2.33. The molecule has 0 bridgehead atoms. The summed E-state index contributed by atoms with van der Waals surface area (Å²) >= 11 is 0. The zero-order chi connectivity index (χ0) is 13.1. The fraction of sp³-hybridized carbons (Fsp3) is 0.533. The van der Waals surface area contributed by atoms with Gasteiger partial charge in [-0.15, -0.1) is 0 Å². The molecule has 1 aromatic carbocycles. The predicted octanol–water partition coefficient (Wildman–Crippen LogP) is 1.38. The van der Waals surface area contributed by atoms with Crippen LogP contribution in [0.1, 0.15) is 30.9 Å². The van der Waals surface area contributed by atoms with E-state index in [9.17, 15) is 4.79 Å². The Bertz CT molecular complexity index is 429. The van der Waals surface area contributed by atoms with Crippen molar-refractivity contribution in [1.29, 1.82) is 0 Å². The molecule has 1 aromatic rings. The molecule has 0 aliphatic carbocycles. The standard InChI is InChI=1S/C15H20N2O2/c18-15(13-7-4-9-16-13)17-12-8-10-19-14(12)11-5-2-1-3-6-11/h1-3,5-6,12-14,16H,4,7-10H2,(H,17,18). The van der Waals surface area contributed by atoms with Gasteiger partial charge < -0.3 is 15.4 Å². The zero-order valence-corrected chi connectivity index (χ0v) is 11.0. The average Bonchev–Trinajstić information content (AvgIpc) is 3.11. The fourth-order valence-corrected chi connectivity index (χ4v) is 2.90. The summed E-state index contributed by atoms with van der Waals surface area (Å²) in [6, 6.07) is 10.2. The first-order chi connectivity index (χ1) is 9.34. The van der Waals surface area contributed by atoms with Crippen molar-refractivity contribution >= 4 is 5.91 Å². The van der Waals surface area contributed by atoms with Crippen LogP contribution in [0.5, 0.6) is 0 Å². The van der Waals surface area contributed by atoms with Gasteiger partial charge in [-0.05, 0) is 31.4 Å². The summed E-state index contributed by atoms with van der Waals surface area (Å²) in [5.74, 6) is 0.119. The SMILES string of the molecule is O=C(NC1CCOC1c1ccccc1)C1CCCN1. The van der Waals surface area contributed by atoms with E-state index in [1.807, 2.05) is 18.2 Å². The molecule has 2 heterocycles. The topological polar surface area (TPSA) is 50.4 Å². The third-order valence-corrected chi connectivity index (χ3v) is 3.92. The second kappa shape index (κ2) is 5.72. The minimum atomic E-state index is -0.0166. The van der Waals surface area contributed by atoms with Gasteiger partial charge in [0.25, 0.3) is 0 Å². The van der Waals surface area contributed by atoms with Crippen molar-refractivity contribution in [2.45, 2.75) is 37.5 Å². The van der Waals surface area contributed by atoms with E-state index < -0.39 is 0 Å². The van der Waals surface area contributed by atoms with Gasteiger partial charge in [-0.3, -0.25) is 4.79 Å². The van der Waals surface area contributed by atoms with Gasteiger partial charge >= 0.3 is 0 Å². The van der Waals surface area contributed by atoms with E-state index in [0.717, 1.165) is 31.4 Å². The third kappa shape index (κ3) is 2.80. The number of ether oxygens (including phenoxy) is 1. The zero-order valence-electron chi connectivity index (χ0n) is 11.0. The fourth-order valence-electron chi connectivity index (χ4n) is 2.90. The number of hydrogen-bond acceptors (Lipinski definition) is 3. The minimum absolute atomic E-state index is 0.00782. The van der Waals surface area contributed by atoms with Gasteiger partial charge in [0.05, 0.1) is 12.1 Å². The molecule has 3 atom stereocenters. The lowest BCUT2D eigenvalue weighted by Crippen LogP contribution is -2.46. The second-order valence-corrected chi connectivity index (χ2v) is 5.25. The number of carbonyl (C=O) groups is 1. The average molecular weight is 260 g/mol. The van der Waals surface area contributed by atoms with Gasteiger partial charge in [-0.1, -0.05) is 30.3 Å². The highest BCUT2D eigenvalue weighted by atomic mass is 16.5. The van der Waals surface area contributed by atoms with Crippen molar-refractivity contribution in [3.05, 3.63) is 35.9 Å². The first kappa shape index (κ1) is 12.6. The van der Waals surface area contributed by atoms with E-state index in [1.54, 1.807) is 0 Å². The van der Waals surface area contributed by atoms with Crippen molar-refractivity contribution in [3.8, 4) is 0 Å². The lowest BCUT2D eigenvalue weighted by molar-refractivity contribution is -0.123. The molecule has 0 radical (unpaired) electrons. The first-order valence-corrected chi connectivity index (χ1v) is 7.05. The summed E-state index contributed by atoms with van der Waals surface area (Å²) in [6.07, 6.45) is 2.90. The Morgan fingerprint density at radius 2 is 2.11 bits per heavy atom. The summed E-state index contributed by atoms with van der Waals surface area (Å²) in [6.45, 7) is 1.66. The molecular formula is C15H20N2O2. The first-order valence-electron chi connectivity index (χ1n) is 7.05. The molecule has 2 aliphatic rings. The normalized spacial score (nSPS) is 30.4. The van der Waals surface area contributed by atoms with Crippen LogP contribution >= 0.6 is 0 Å². The van der Waals surface area contributed by atoms with E-state index in [0.29, 0.717) is 6.61 Å². The molecule has 3 unspecified atom stereocenters. The molecule has 4 nitrogen and oxygen atoms in total. The highest BCUT2D eigenvalue weighted by molar-refractivity contribution is 5.82. The third-order valence-electron chi connectivity index (χ3n) is 3.92. The molecule has 1 amide bonds. The highest BCUT2D eigenvalue weighted by Crippen LogP contribution is 2.29. The van der Waals surface area contributed by atoms with E-state index in [1.165, 1.54) is 0 Å². The molecule has 19 heavy (non-hydrogen) atoms. The summed E-state index contributed by atoms with van der Waals surface area (Å²) in [7, 11) is 0. The minimum Gasteiger partial charge on any atom is -0.371 e. The van der Waals surface area contributed by atoms with Crippen LogP contribution in [0.3, 0.4) is 0 Å². The molecule has 2 fully saturated rings. The van der Waals surface area contributed by atoms with Crippen LogP contribution in [0, 0.1) is 0 Å². The Labute approximate surface area is 113 Å². The molecule has 4 heteroatoms. The maximum Gasteiger partial charge on any atom is 0.237 e. The monoisotopic (exact) mass is 260 g/mol. The Morgan fingerprint density at radius 1 is 1.26 bits per heavy atom. The molecule has 0 saturated carbocycles. The summed E-state index contributed by atoms with van der Waals surface area (Å²) in [5, 5.41) is 6.37. The van der Waals surface area contributed by atoms with Crippen LogP contribution in [0.25, 0.3) is 0 Å². The molecule has 2 saturated heterocycles. The predicted molar refractivity (Wildman–Crippen MR) is 72.7 cm³/mol. The maximum atomic E-state index is 12.1. The Balaban J connectivity index is 1.65. The van der Waals surface area contributed by atoms with E-state index in [4.69, 9.17) is 4.74 Å². The van der Waals surface area contributed by atoms with Crippen molar-refractivity contribution in [2.24, 2.45) is 0 Å². The Morgan fingerprint density at radius 3 is 2.84 bits per heavy atom. The van der Waals surface area contributed by atoms with Crippen molar-refractivity contribution < 1.29 is 9.53 Å². The maximum absolute atomic E-state index is 12.1. The van der Waals surface area contributed by atoms with Gasteiger partial charge in [-0.25, -0.2) is 0 Å². The van der Waals surface area contributed by atoms with Crippen LogP contribution in [0.4, 0.5) is 0 Å². The Kier molecular flexibility index (Phi) is 3.80. The van der Waals surface area contributed by atoms with E-state index in [-0.39, 0.29) is 24.1 Å². The quantitative estimate of drug-likeness (QED) is 0.863. The van der Waals surface area contributed by atoms with Gasteiger partial charge in [0.15, 0.2) is 0 Å². The van der Waals surface area contributed by atoms with Crippen LogP contribution in [0.2, 0.25) is 0 Å². The number of carbonyl (C=O) groups excluding carboxylic acids is 1. The van der Waals surface area contributed by atoms with E-state index >= 15 is 0 Å². The molecule has 2 aliphatic heterocycles. The van der Waals surface area contributed by atoms with Crippen molar-refractivity contribution in [1.82, 2.24) is 10.6 Å². The van der Waals surface area contributed by atoms with Crippen LogP contribution in [-0.4, -0.2) is 31.1 Å². The van der Waals surface area contributed by atoms with Crippen LogP contribution < -0.4 is 10.6 Å². The molecular weight excluding hydrogens is 240 g/mol. The molecule has 102 valence electrons. The Hall–Kier alpha value is -1.39. The van der Waals surface area contributed by atoms with Crippen LogP contribution in [-0.2, 0) is 9.53 Å². The van der Waals surface area contributed by atoms with Crippen molar-refractivity contribution in [2.75, 3.05) is 13.2 Å². The number of rotatable bonds is 3. The molecule has 2 N–H and O–H groups in total. The number of nitrogens with one attached hydrogen (secondary N) is 2. The summed E-state index contributed by atoms with van der Waals surface area (Å²) in [4.78, 5) is 12.1. The van der Waals surface area contributed by atoms with Crippen LogP contribution in [0.15, 0.2) is 30.3 Å². The number of benzene rings is 1. The van der Waals surface area contributed by atoms with Gasteiger partial charge in [0, 0.05) is 6.61 Å². The van der Waals surface area contributed by atoms with Gasteiger partial charge in [0.2, 0.25) is 5.91 Å². The van der Waals surface area contributed by atoms with Crippen molar-refractivity contribution in [3.63, 3.8) is 0 Å². The van der Waals surface area contributed by atoms with Gasteiger partial charge in [-0.2, -0.15) is 0 Å². The van der Waals surface area contributed by atoms with E-state index in [2.05, 4.69) is 22.8 Å². The second-order valence-electron chi connectivity index (χ2n) is 5.25. The molecule has 0 spiro atoms. The van der Waals surface area contributed by atoms with Gasteiger partial charge in [0.1, 0.15) is 6.10 Å². The summed E-state index contributed by atoms with van der Waals surface area (Å²) < 4.78 is 5.78. The number of hydrogen-bond donors (Lipinski definition) is 2. The lowest BCUT2D eigenvalue weighted by Gasteiger charge is -2.22. The number of amides is 1. The lowest BCUT2D eigenvalue weighted by atomic mass is 10.0. The molecule has 3 rings (SSSR count). The summed E-state index contributed by atoms with van der Waals surface area (Å²) in [5.41, 5.74) is 1.14. The smallest absolute Gasteiger partial charge is 0.237 e.